The van der Waals surface area contributed by atoms with Gasteiger partial charge in [-0.3, -0.25) is 4.79 Å². The predicted molar refractivity (Wildman–Crippen MR) is 106 cm³/mol. The van der Waals surface area contributed by atoms with Gasteiger partial charge < -0.3 is 19.3 Å². The predicted octanol–water partition coefficient (Wildman–Crippen LogP) is 2.60. The second kappa shape index (κ2) is 7.66. The van der Waals surface area contributed by atoms with Gasteiger partial charge in [-0.1, -0.05) is 0 Å². The zero-order valence-electron chi connectivity index (χ0n) is 16.7. The molecule has 0 aliphatic carbocycles. The molecule has 4 rings (SSSR count). The van der Waals surface area contributed by atoms with Gasteiger partial charge in [-0.25, -0.2) is 9.97 Å². The lowest BCUT2D eigenvalue weighted by atomic mass is 9.98. The van der Waals surface area contributed by atoms with Crippen molar-refractivity contribution < 1.29 is 14.3 Å². The van der Waals surface area contributed by atoms with Gasteiger partial charge in [-0.15, -0.1) is 0 Å². The summed E-state index contributed by atoms with van der Waals surface area (Å²) >= 11 is 0. The van der Waals surface area contributed by atoms with Crippen LogP contribution in [0.3, 0.4) is 0 Å². The van der Waals surface area contributed by atoms with Crippen LogP contribution < -0.4 is 14.4 Å². The Kier molecular flexibility index (Phi) is 5.07. The molecule has 1 amide bonds. The van der Waals surface area contributed by atoms with Crippen LogP contribution in [0.25, 0.3) is 0 Å². The summed E-state index contributed by atoms with van der Waals surface area (Å²) in [5, 5.41) is 0. The average molecular weight is 382 g/mol. The molecule has 0 unspecified atom stereocenters. The monoisotopic (exact) mass is 382 g/mol. The lowest BCUT2D eigenvalue weighted by Gasteiger charge is -2.31. The number of nitrogens with zero attached hydrogens (tertiary/aromatic N) is 4. The molecule has 2 aliphatic rings. The van der Waals surface area contributed by atoms with Gasteiger partial charge in [0.1, 0.15) is 17.3 Å². The maximum atomic E-state index is 12.8. The first-order valence-electron chi connectivity index (χ1n) is 9.72. The number of carbonyl (C=O) groups excluding carboxylic acids is 1. The van der Waals surface area contributed by atoms with E-state index < -0.39 is 0 Å². The number of methoxy groups -OCH3 is 2. The Balaban J connectivity index is 1.61. The molecule has 0 radical (unpaired) electrons. The van der Waals surface area contributed by atoms with E-state index in [-0.39, 0.29) is 5.91 Å². The lowest BCUT2D eigenvalue weighted by molar-refractivity contribution is 0.0786. The minimum absolute atomic E-state index is 0.00747. The molecule has 2 aliphatic heterocycles. The van der Waals surface area contributed by atoms with Crippen molar-refractivity contribution >= 4 is 11.7 Å². The summed E-state index contributed by atoms with van der Waals surface area (Å²) in [6.45, 7) is 5.02. The molecule has 3 heterocycles. The van der Waals surface area contributed by atoms with Crippen molar-refractivity contribution in [3.05, 3.63) is 40.8 Å². The highest BCUT2D eigenvalue weighted by Crippen LogP contribution is 2.34. The molecular weight excluding hydrogens is 356 g/mol. The van der Waals surface area contributed by atoms with Crippen molar-refractivity contribution in [1.29, 1.82) is 0 Å². The molecular formula is C21H26N4O3. The van der Waals surface area contributed by atoms with Gasteiger partial charge in [-0.2, -0.15) is 0 Å². The molecule has 0 bridgehead atoms. The number of hydrogen-bond donors (Lipinski definition) is 0. The number of rotatable bonds is 4. The number of carbonyl (C=O) groups is 1. The summed E-state index contributed by atoms with van der Waals surface area (Å²) in [5.74, 6) is 2.92. The number of fused-ring (bicyclic) bond motifs is 1. The number of hydrogen-bond acceptors (Lipinski definition) is 6. The quantitative estimate of drug-likeness (QED) is 0.810. The Labute approximate surface area is 165 Å². The van der Waals surface area contributed by atoms with Crippen LogP contribution in [0.15, 0.2) is 18.2 Å². The zero-order chi connectivity index (χ0) is 19.7. The van der Waals surface area contributed by atoms with Crippen molar-refractivity contribution in [3.8, 4) is 11.5 Å². The molecule has 0 spiro atoms. The Morgan fingerprint density at radius 1 is 0.964 bits per heavy atom. The minimum atomic E-state index is 0.00747. The molecule has 1 fully saturated rings. The highest BCUT2D eigenvalue weighted by atomic mass is 16.5. The number of aromatic nitrogens is 2. The molecule has 1 aromatic carbocycles. The van der Waals surface area contributed by atoms with E-state index >= 15 is 0 Å². The fraction of sp³-hybridized carbons (Fsp3) is 0.476. The van der Waals surface area contributed by atoms with Gasteiger partial charge in [0.05, 0.1) is 14.2 Å². The first-order chi connectivity index (χ1) is 13.6. The fourth-order valence-corrected chi connectivity index (χ4v) is 3.98. The van der Waals surface area contributed by atoms with Crippen LogP contribution >= 0.6 is 0 Å². The van der Waals surface area contributed by atoms with Crippen molar-refractivity contribution in [2.75, 3.05) is 38.8 Å². The molecule has 0 atom stereocenters. The summed E-state index contributed by atoms with van der Waals surface area (Å²) < 4.78 is 10.9. The Bertz CT molecular complexity index is 893. The summed E-state index contributed by atoms with van der Waals surface area (Å²) in [7, 11) is 3.30. The van der Waals surface area contributed by atoms with Crippen LogP contribution in [0, 0.1) is 6.92 Å². The number of amides is 1. The molecule has 0 saturated carbocycles. The summed E-state index contributed by atoms with van der Waals surface area (Å²) in [5.41, 5.74) is 2.93. The summed E-state index contributed by atoms with van der Waals surface area (Å²) in [4.78, 5) is 25.9. The lowest BCUT2D eigenvalue weighted by Crippen LogP contribution is -2.33. The van der Waals surface area contributed by atoms with E-state index in [1.165, 1.54) is 11.1 Å². The molecule has 7 nitrogen and oxygen atoms in total. The number of benzene rings is 1. The van der Waals surface area contributed by atoms with E-state index in [0.717, 1.165) is 56.2 Å². The maximum Gasteiger partial charge on any atom is 0.272 e. The maximum absolute atomic E-state index is 12.8. The molecule has 148 valence electrons. The number of anilines is 1. The van der Waals surface area contributed by atoms with E-state index in [9.17, 15) is 4.79 Å². The number of aryl methyl sites for hydroxylation is 1. The van der Waals surface area contributed by atoms with Gasteiger partial charge in [0.2, 0.25) is 0 Å². The number of ether oxygens (including phenoxy) is 2. The second-order valence-corrected chi connectivity index (χ2v) is 7.31. The van der Waals surface area contributed by atoms with E-state index in [2.05, 4.69) is 20.9 Å². The van der Waals surface area contributed by atoms with Crippen LogP contribution in [0.1, 0.15) is 40.3 Å². The van der Waals surface area contributed by atoms with Crippen LogP contribution in [0.2, 0.25) is 0 Å². The SMILES string of the molecule is COc1cc2c(cc1OC)CN(c1cc(C(=O)N3CCCC3)nc(C)n1)CC2. The third-order valence-electron chi connectivity index (χ3n) is 5.48. The normalized spacial score (nSPS) is 16.1. The topological polar surface area (TPSA) is 67.8 Å². The van der Waals surface area contributed by atoms with Crippen molar-refractivity contribution in [2.24, 2.45) is 0 Å². The van der Waals surface area contributed by atoms with E-state index in [1.54, 1.807) is 14.2 Å². The van der Waals surface area contributed by atoms with Gasteiger partial charge in [0.15, 0.2) is 11.5 Å². The molecule has 7 heteroatoms. The summed E-state index contributed by atoms with van der Waals surface area (Å²) in [6.07, 6.45) is 3.02. The highest BCUT2D eigenvalue weighted by Gasteiger charge is 2.24. The average Bonchev–Trinajstić information content (AvgIpc) is 3.26. The van der Waals surface area contributed by atoms with Crippen LogP contribution in [0.4, 0.5) is 5.82 Å². The standard InChI is InChI=1S/C21H26N4O3/c1-14-22-17(21(26)24-7-4-5-8-24)12-20(23-14)25-9-6-15-10-18(27-2)19(28-3)11-16(15)13-25/h10-12H,4-9,13H2,1-3H3. The van der Waals surface area contributed by atoms with Crippen molar-refractivity contribution in [3.63, 3.8) is 0 Å². The van der Waals surface area contributed by atoms with Gasteiger partial charge in [-0.05, 0) is 49.4 Å². The van der Waals surface area contributed by atoms with Gasteiger partial charge in [0, 0.05) is 32.2 Å². The third kappa shape index (κ3) is 3.48. The van der Waals surface area contributed by atoms with E-state index in [4.69, 9.17) is 9.47 Å². The van der Waals surface area contributed by atoms with Crippen LogP contribution in [0.5, 0.6) is 11.5 Å². The molecule has 28 heavy (non-hydrogen) atoms. The van der Waals surface area contributed by atoms with Gasteiger partial charge in [0.25, 0.3) is 5.91 Å². The smallest absolute Gasteiger partial charge is 0.272 e. The van der Waals surface area contributed by atoms with E-state index in [1.807, 2.05) is 24.0 Å². The molecule has 2 aromatic rings. The first kappa shape index (κ1) is 18.5. The minimum Gasteiger partial charge on any atom is -0.493 e. The Hall–Kier alpha value is -2.83. The van der Waals surface area contributed by atoms with Gasteiger partial charge >= 0.3 is 0 Å². The van der Waals surface area contributed by atoms with Crippen molar-refractivity contribution in [1.82, 2.24) is 14.9 Å². The highest BCUT2D eigenvalue weighted by molar-refractivity contribution is 5.93. The Morgan fingerprint density at radius 3 is 2.32 bits per heavy atom. The third-order valence-corrected chi connectivity index (χ3v) is 5.48. The van der Waals surface area contributed by atoms with Crippen LogP contribution in [-0.2, 0) is 13.0 Å². The first-order valence-corrected chi connectivity index (χ1v) is 9.72. The van der Waals surface area contributed by atoms with Crippen molar-refractivity contribution in [2.45, 2.75) is 32.7 Å². The second-order valence-electron chi connectivity index (χ2n) is 7.31. The molecule has 1 saturated heterocycles. The fourth-order valence-electron chi connectivity index (χ4n) is 3.98. The largest absolute Gasteiger partial charge is 0.493 e. The molecule has 1 aromatic heterocycles. The Morgan fingerprint density at radius 2 is 1.64 bits per heavy atom. The van der Waals surface area contributed by atoms with Crippen LogP contribution in [-0.4, -0.2) is 54.6 Å². The summed E-state index contributed by atoms with van der Waals surface area (Å²) in [6, 6.07) is 5.92. The van der Waals surface area contributed by atoms with E-state index in [0.29, 0.717) is 18.1 Å². The number of likely N-dealkylation sites (tertiary alicyclic amines) is 1. The zero-order valence-corrected chi connectivity index (χ0v) is 16.7. The molecule has 0 N–H and O–H groups in total.